The highest BCUT2D eigenvalue weighted by Gasteiger charge is 2.29. The molecule has 236 valence electrons. The third-order valence-electron chi connectivity index (χ3n) is 7.66. The molecule has 0 bridgehead atoms. The first-order valence-corrected chi connectivity index (χ1v) is 16.4. The fourth-order valence-corrected chi connectivity index (χ4v) is 6.13. The van der Waals surface area contributed by atoms with Gasteiger partial charge < -0.3 is 15.5 Å². The summed E-state index contributed by atoms with van der Waals surface area (Å²) in [4.78, 5) is 30.5. The molecule has 45 heavy (non-hydrogen) atoms. The zero-order valence-electron chi connectivity index (χ0n) is 26.3. The van der Waals surface area contributed by atoms with E-state index in [1.165, 1.54) is 23.1 Å². The first-order valence-electron chi connectivity index (χ1n) is 14.9. The molecular weight excluding hydrogens is 584 g/mol. The van der Waals surface area contributed by atoms with Crippen LogP contribution in [0.25, 0.3) is 10.8 Å². The number of carbonyl (C=O) groups is 2. The maximum atomic E-state index is 14.0. The smallest absolute Gasteiger partial charge is 0.261 e. The second-order valence-corrected chi connectivity index (χ2v) is 13.7. The van der Waals surface area contributed by atoms with Gasteiger partial charge in [-0.25, -0.2) is 8.42 Å². The highest BCUT2D eigenvalue weighted by Crippen LogP contribution is 2.22. The van der Waals surface area contributed by atoms with Crippen molar-refractivity contribution in [3.63, 3.8) is 0 Å². The minimum absolute atomic E-state index is 0.167. The summed E-state index contributed by atoms with van der Waals surface area (Å²) in [5.41, 5.74) is 7.76. The van der Waals surface area contributed by atoms with Crippen molar-refractivity contribution in [1.82, 2.24) is 9.80 Å². The van der Waals surface area contributed by atoms with E-state index in [0.717, 1.165) is 21.9 Å². The zero-order chi connectivity index (χ0) is 32.6. The fraction of sp³-hybridized carbons (Fsp3) is 0.278. The summed E-state index contributed by atoms with van der Waals surface area (Å²) >= 11 is 0. The molecule has 2 amide bonds. The number of nitrogens with zero attached hydrogens (tertiary/aromatic N) is 2. The van der Waals surface area contributed by atoms with E-state index in [-0.39, 0.29) is 16.7 Å². The Morgan fingerprint density at radius 2 is 1.53 bits per heavy atom. The summed E-state index contributed by atoms with van der Waals surface area (Å²) in [6, 6.07) is 28.6. The highest BCUT2D eigenvalue weighted by atomic mass is 32.2. The molecule has 0 spiro atoms. The van der Waals surface area contributed by atoms with Crippen LogP contribution in [0, 0.1) is 0 Å². The predicted octanol–water partition coefficient (Wildman–Crippen LogP) is 5.39. The third-order valence-corrected chi connectivity index (χ3v) is 9.04. The number of hydrogen-bond donors (Lipinski definition) is 2. The molecule has 8 nitrogen and oxygen atoms in total. The van der Waals surface area contributed by atoms with Gasteiger partial charge in [0.1, 0.15) is 6.04 Å². The number of nitrogens with one attached hydrogen (secondary N) is 1. The molecule has 1 atom stereocenters. The summed E-state index contributed by atoms with van der Waals surface area (Å²) in [7, 11) is -0.431. The average molecular weight is 627 g/mol. The molecule has 0 unspecified atom stereocenters. The molecule has 4 rings (SSSR count). The van der Waals surface area contributed by atoms with Crippen LogP contribution in [-0.2, 0) is 32.5 Å². The number of para-hydroxylation sites is 1. The van der Waals surface area contributed by atoms with Crippen LogP contribution in [0.15, 0.2) is 114 Å². The van der Waals surface area contributed by atoms with Crippen molar-refractivity contribution in [3.05, 3.63) is 120 Å². The molecule has 0 heterocycles. The quantitative estimate of drug-likeness (QED) is 0.193. The summed E-state index contributed by atoms with van der Waals surface area (Å²) in [6.07, 6.45) is 4.47. The number of amides is 2. The Kier molecular flexibility index (Phi) is 10.8. The summed E-state index contributed by atoms with van der Waals surface area (Å²) < 4.78 is 28.7. The van der Waals surface area contributed by atoms with Crippen molar-refractivity contribution < 1.29 is 18.0 Å². The normalized spacial score (nSPS) is 12.6. The molecule has 4 aromatic rings. The summed E-state index contributed by atoms with van der Waals surface area (Å²) in [6.45, 7) is 4.09. The van der Waals surface area contributed by atoms with Crippen molar-refractivity contribution in [2.45, 2.75) is 49.6 Å². The minimum atomic E-state index is -3.78. The van der Waals surface area contributed by atoms with E-state index in [4.69, 9.17) is 5.73 Å². The lowest BCUT2D eigenvalue weighted by Crippen LogP contribution is -2.49. The number of benzene rings is 4. The molecule has 9 heteroatoms. The first-order chi connectivity index (χ1) is 21.3. The average Bonchev–Trinajstić information content (AvgIpc) is 3.02. The van der Waals surface area contributed by atoms with E-state index in [2.05, 4.69) is 10.8 Å². The zero-order valence-corrected chi connectivity index (χ0v) is 27.1. The molecule has 0 radical (unpaired) electrons. The monoisotopic (exact) mass is 626 g/mol. The Morgan fingerprint density at radius 1 is 0.889 bits per heavy atom. The van der Waals surface area contributed by atoms with Gasteiger partial charge in [-0.1, -0.05) is 84.9 Å². The van der Waals surface area contributed by atoms with Crippen molar-refractivity contribution in [3.8, 4) is 0 Å². The number of hydrogen-bond acceptors (Lipinski definition) is 5. The second kappa shape index (κ2) is 14.5. The standard InChI is InChI=1S/C36H42N4O4S/c1-36(2,37)23-12-19-34(41)40(4)33(26-27-20-21-28-13-8-9-15-30(28)25-27)35(42)39(3)24-22-29-14-10-11-18-32(29)38-45(43,44)31-16-6-5-7-17-31/h5-21,25,33,38H,22-24,26,37H2,1-4H3/b19-12+/t33-/m1/s1. The van der Waals surface area contributed by atoms with Gasteiger partial charge in [-0.2, -0.15) is 0 Å². The van der Waals surface area contributed by atoms with Gasteiger partial charge in [-0.05, 0) is 72.9 Å². The van der Waals surface area contributed by atoms with Gasteiger partial charge in [0.25, 0.3) is 10.0 Å². The Balaban J connectivity index is 1.53. The minimum Gasteiger partial charge on any atom is -0.344 e. The van der Waals surface area contributed by atoms with Crippen LogP contribution >= 0.6 is 0 Å². The van der Waals surface area contributed by atoms with Gasteiger partial charge in [0.15, 0.2) is 0 Å². The predicted molar refractivity (Wildman–Crippen MR) is 181 cm³/mol. The molecule has 0 aliphatic carbocycles. The van der Waals surface area contributed by atoms with Crippen LogP contribution < -0.4 is 10.5 Å². The maximum absolute atomic E-state index is 14.0. The lowest BCUT2D eigenvalue weighted by Gasteiger charge is -2.31. The number of likely N-dealkylation sites (N-methyl/N-ethyl adjacent to an activating group) is 2. The van der Waals surface area contributed by atoms with Crippen LogP contribution in [-0.4, -0.2) is 62.3 Å². The lowest BCUT2D eigenvalue weighted by atomic mass is 9.99. The van der Waals surface area contributed by atoms with Gasteiger partial charge >= 0.3 is 0 Å². The molecule has 0 aliphatic rings. The number of carbonyl (C=O) groups excluding carboxylic acids is 2. The third kappa shape index (κ3) is 9.26. The van der Waals surface area contributed by atoms with Crippen LogP contribution in [0.4, 0.5) is 5.69 Å². The van der Waals surface area contributed by atoms with E-state index in [9.17, 15) is 18.0 Å². The van der Waals surface area contributed by atoms with Crippen LogP contribution in [0.1, 0.15) is 31.4 Å². The maximum Gasteiger partial charge on any atom is 0.261 e. The molecule has 0 saturated heterocycles. The molecule has 0 aromatic heterocycles. The number of rotatable bonds is 13. The number of nitrogens with two attached hydrogens (primary N) is 1. The van der Waals surface area contributed by atoms with Crippen LogP contribution in [0.3, 0.4) is 0 Å². The van der Waals surface area contributed by atoms with Crippen molar-refractivity contribution >= 4 is 38.3 Å². The van der Waals surface area contributed by atoms with E-state index >= 15 is 0 Å². The van der Waals surface area contributed by atoms with Gasteiger partial charge in [-0.15, -0.1) is 0 Å². The Hall–Kier alpha value is -4.47. The largest absolute Gasteiger partial charge is 0.344 e. The van der Waals surface area contributed by atoms with E-state index in [0.29, 0.717) is 31.5 Å². The van der Waals surface area contributed by atoms with Gasteiger partial charge in [0.2, 0.25) is 11.8 Å². The second-order valence-electron chi connectivity index (χ2n) is 12.0. The van der Waals surface area contributed by atoms with Gasteiger partial charge in [0, 0.05) is 32.6 Å². The molecule has 4 aromatic carbocycles. The van der Waals surface area contributed by atoms with E-state index < -0.39 is 21.6 Å². The topological polar surface area (TPSA) is 113 Å². The number of sulfonamides is 1. The summed E-state index contributed by atoms with van der Waals surface area (Å²) in [5.74, 6) is -0.499. The van der Waals surface area contributed by atoms with Crippen LogP contribution in [0.2, 0.25) is 0 Å². The lowest BCUT2D eigenvalue weighted by molar-refractivity contribution is -0.141. The van der Waals surface area contributed by atoms with Gasteiger partial charge in [0.05, 0.1) is 10.6 Å². The molecule has 0 saturated carbocycles. The molecule has 3 N–H and O–H groups in total. The SMILES string of the molecule is CN(CCc1ccccc1NS(=O)(=O)c1ccccc1)C(=O)[C@@H](Cc1ccc2ccccc2c1)N(C)C(=O)/C=C/CC(C)(C)N. The molecular formula is C36H42N4O4S. The van der Waals surface area contributed by atoms with Gasteiger partial charge in [-0.3, -0.25) is 14.3 Å². The van der Waals surface area contributed by atoms with E-state index in [1.807, 2.05) is 62.4 Å². The highest BCUT2D eigenvalue weighted by molar-refractivity contribution is 7.92. The molecule has 0 aliphatic heterocycles. The van der Waals surface area contributed by atoms with Crippen molar-refractivity contribution in [2.75, 3.05) is 25.4 Å². The Bertz CT molecular complexity index is 1760. The summed E-state index contributed by atoms with van der Waals surface area (Å²) in [5, 5.41) is 2.16. The Morgan fingerprint density at radius 3 is 2.24 bits per heavy atom. The van der Waals surface area contributed by atoms with E-state index in [1.54, 1.807) is 55.4 Å². The first kappa shape index (κ1) is 33.4. The van der Waals surface area contributed by atoms with Crippen molar-refractivity contribution in [2.24, 2.45) is 5.73 Å². The number of fused-ring (bicyclic) bond motifs is 1. The number of anilines is 1. The van der Waals surface area contributed by atoms with Crippen molar-refractivity contribution in [1.29, 1.82) is 0 Å². The van der Waals surface area contributed by atoms with Crippen LogP contribution in [0.5, 0.6) is 0 Å². The molecule has 0 fully saturated rings. The fourth-order valence-electron chi connectivity index (χ4n) is 5.01. The Labute approximate surface area is 266 Å².